The van der Waals surface area contributed by atoms with Crippen LogP contribution in [-0.2, 0) is 4.79 Å². The Kier molecular flexibility index (Phi) is 4.89. The molecule has 0 spiro atoms. The quantitative estimate of drug-likeness (QED) is 0.649. The fourth-order valence-corrected chi connectivity index (χ4v) is 2.68. The van der Waals surface area contributed by atoms with Gasteiger partial charge in [0.25, 0.3) is 0 Å². The topological polar surface area (TPSA) is 20.3 Å². The van der Waals surface area contributed by atoms with Crippen LogP contribution in [0.25, 0.3) is 0 Å². The number of hydrogen-bond acceptors (Lipinski definition) is 2. The third kappa shape index (κ3) is 4.25. The molecule has 0 saturated carbocycles. The first-order chi connectivity index (χ1) is 11.0. The average molecular weight is 323 g/mol. The molecular weight excluding hydrogens is 294 g/mol. The molecule has 1 heterocycles. The third-order valence-electron chi connectivity index (χ3n) is 4.20. The Morgan fingerprint density at radius 1 is 0.792 bits per heavy atom. The Labute approximate surface area is 146 Å². The molecule has 1 aliphatic heterocycles. The molecule has 2 aliphatic rings. The first kappa shape index (κ1) is 18.3. The number of allylic oxidation sites excluding steroid dienone is 10. The lowest BCUT2D eigenvalue weighted by molar-refractivity contribution is -0.114. The minimum Gasteiger partial charge on any atom is -0.357 e. The summed E-state index contributed by atoms with van der Waals surface area (Å²) in [6.07, 6.45) is 16.5. The van der Waals surface area contributed by atoms with E-state index < -0.39 is 0 Å². The summed E-state index contributed by atoms with van der Waals surface area (Å²) in [7, 11) is 2.01. The lowest BCUT2D eigenvalue weighted by Gasteiger charge is -2.31. The van der Waals surface area contributed by atoms with Crippen molar-refractivity contribution < 1.29 is 4.79 Å². The van der Waals surface area contributed by atoms with E-state index in [-0.39, 0.29) is 16.6 Å². The average Bonchev–Trinajstić information content (AvgIpc) is 2.45. The Morgan fingerprint density at radius 2 is 1.21 bits per heavy atom. The fourth-order valence-electron chi connectivity index (χ4n) is 2.68. The maximum atomic E-state index is 12.9. The van der Waals surface area contributed by atoms with Gasteiger partial charge in [-0.05, 0) is 46.3 Å². The molecular formula is C22H29NO. The van der Waals surface area contributed by atoms with Crippen LogP contribution in [0.2, 0.25) is 0 Å². The first-order valence-electron chi connectivity index (χ1n) is 8.48. The zero-order chi connectivity index (χ0) is 18.1. The van der Waals surface area contributed by atoms with Crippen molar-refractivity contribution in [3.05, 3.63) is 71.1 Å². The van der Waals surface area contributed by atoms with E-state index in [4.69, 9.17) is 0 Å². The zero-order valence-corrected chi connectivity index (χ0v) is 16.0. The van der Waals surface area contributed by atoms with E-state index in [1.165, 1.54) is 0 Å². The smallest absolute Gasteiger partial charge is 0.186 e. The summed E-state index contributed by atoms with van der Waals surface area (Å²) < 4.78 is 0. The summed E-state index contributed by atoms with van der Waals surface area (Å²) in [6, 6.07) is 0. The molecule has 128 valence electrons. The van der Waals surface area contributed by atoms with Crippen molar-refractivity contribution in [3.8, 4) is 0 Å². The van der Waals surface area contributed by atoms with E-state index >= 15 is 0 Å². The van der Waals surface area contributed by atoms with Gasteiger partial charge in [0.05, 0.1) is 0 Å². The largest absolute Gasteiger partial charge is 0.357 e. The molecule has 0 atom stereocenters. The summed E-state index contributed by atoms with van der Waals surface area (Å²) in [5.74, 6) is 0.180. The monoisotopic (exact) mass is 323 g/mol. The second-order valence-corrected chi connectivity index (χ2v) is 8.58. The van der Waals surface area contributed by atoms with Gasteiger partial charge in [0, 0.05) is 30.6 Å². The molecule has 2 rings (SSSR count). The molecule has 0 saturated heterocycles. The molecule has 2 nitrogen and oxygen atoms in total. The molecule has 24 heavy (non-hydrogen) atoms. The standard InChI is InChI=1S/C22H29NO/c1-21(2,3)18-14-17(15-19(20(18)24)22(4,5)6)9-8-16-10-12-23(7)13-11-16/h8-15H,1-7H3. The molecule has 0 bridgehead atoms. The van der Waals surface area contributed by atoms with Gasteiger partial charge in [0.1, 0.15) is 0 Å². The summed E-state index contributed by atoms with van der Waals surface area (Å²) >= 11 is 0. The van der Waals surface area contributed by atoms with Crippen LogP contribution < -0.4 is 0 Å². The van der Waals surface area contributed by atoms with Crippen molar-refractivity contribution >= 4 is 5.78 Å². The minimum atomic E-state index is -0.165. The SMILES string of the molecule is CN1C=CC(=CC=C2C=C(C(C)(C)C)C(=O)C(C(C)(C)C)=C2)C=C1. The van der Waals surface area contributed by atoms with Gasteiger partial charge >= 0.3 is 0 Å². The summed E-state index contributed by atoms with van der Waals surface area (Å²) in [5, 5.41) is 0. The highest BCUT2D eigenvalue weighted by Gasteiger charge is 2.33. The summed E-state index contributed by atoms with van der Waals surface area (Å²) in [5.41, 5.74) is 3.66. The maximum absolute atomic E-state index is 12.9. The van der Waals surface area contributed by atoms with Gasteiger partial charge < -0.3 is 4.90 Å². The van der Waals surface area contributed by atoms with Crippen molar-refractivity contribution in [1.29, 1.82) is 0 Å². The van der Waals surface area contributed by atoms with Crippen LogP contribution in [0.5, 0.6) is 0 Å². The zero-order valence-electron chi connectivity index (χ0n) is 16.0. The molecule has 0 aromatic rings. The van der Waals surface area contributed by atoms with Crippen molar-refractivity contribution in [2.45, 2.75) is 41.5 Å². The van der Waals surface area contributed by atoms with Crippen LogP contribution in [-0.4, -0.2) is 17.7 Å². The number of rotatable bonds is 1. The van der Waals surface area contributed by atoms with Crippen LogP contribution in [0.15, 0.2) is 71.1 Å². The molecule has 0 aromatic heterocycles. The predicted octanol–water partition coefficient (Wildman–Crippen LogP) is 5.34. The molecule has 0 unspecified atom stereocenters. The first-order valence-corrected chi connectivity index (χ1v) is 8.48. The van der Waals surface area contributed by atoms with Crippen LogP contribution >= 0.6 is 0 Å². The van der Waals surface area contributed by atoms with Gasteiger partial charge in [-0.3, -0.25) is 4.79 Å². The van der Waals surface area contributed by atoms with Crippen LogP contribution in [0, 0.1) is 10.8 Å². The molecule has 0 amide bonds. The normalized spacial score (nSPS) is 18.6. The van der Waals surface area contributed by atoms with Gasteiger partial charge in [-0.2, -0.15) is 0 Å². The van der Waals surface area contributed by atoms with Crippen molar-refractivity contribution in [1.82, 2.24) is 4.90 Å². The van der Waals surface area contributed by atoms with Gasteiger partial charge in [-0.15, -0.1) is 0 Å². The Hall–Kier alpha value is -2.09. The number of hydrogen-bond donors (Lipinski definition) is 0. The molecule has 0 aromatic carbocycles. The summed E-state index contributed by atoms with van der Waals surface area (Å²) in [6.45, 7) is 12.6. The minimum absolute atomic E-state index is 0.165. The highest BCUT2D eigenvalue weighted by molar-refractivity contribution is 6.11. The number of Topliss-reactive ketones (excluding diaryl/α,β-unsaturated/α-hetero) is 1. The number of nitrogens with zero attached hydrogens (tertiary/aromatic N) is 1. The second-order valence-electron chi connectivity index (χ2n) is 8.58. The summed E-state index contributed by atoms with van der Waals surface area (Å²) in [4.78, 5) is 14.9. The van der Waals surface area contributed by atoms with Crippen LogP contribution in [0.3, 0.4) is 0 Å². The molecule has 0 fully saturated rings. The number of carbonyl (C=O) groups excluding carboxylic acids is 1. The Bertz CT molecular complexity index is 658. The van der Waals surface area contributed by atoms with Crippen molar-refractivity contribution in [2.24, 2.45) is 10.8 Å². The third-order valence-corrected chi connectivity index (χ3v) is 4.20. The Morgan fingerprint density at radius 3 is 1.62 bits per heavy atom. The van der Waals surface area contributed by atoms with E-state index in [1.54, 1.807) is 0 Å². The molecule has 1 aliphatic carbocycles. The maximum Gasteiger partial charge on any atom is 0.186 e. The van der Waals surface area contributed by atoms with E-state index in [1.807, 2.05) is 36.5 Å². The van der Waals surface area contributed by atoms with E-state index in [9.17, 15) is 4.79 Å². The van der Waals surface area contributed by atoms with E-state index in [0.717, 1.165) is 22.3 Å². The van der Waals surface area contributed by atoms with E-state index in [0.29, 0.717) is 0 Å². The van der Waals surface area contributed by atoms with Gasteiger partial charge in [-0.1, -0.05) is 53.7 Å². The lowest BCUT2D eigenvalue weighted by Crippen LogP contribution is -2.27. The number of ketones is 1. The van der Waals surface area contributed by atoms with Gasteiger partial charge in [0.2, 0.25) is 0 Å². The Balaban J connectivity index is 2.45. The van der Waals surface area contributed by atoms with Gasteiger partial charge in [-0.25, -0.2) is 0 Å². The van der Waals surface area contributed by atoms with Gasteiger partial charge in [0.15, 0.2) is 5.78 Å². The number of carbonyl (C=O) groups is 1. The van der Waals surface area contributed by atoms with Crippen molar-refractivity contribution in [3.63, 3.8) is 0 Å². The second kappa shape index (κ2) is 6.43. The van der Waals surface area contributed by atoms with E-state index in [2.05, 4.69) is 65.8 Å². The van der Waals surface area contributed by atoms with Crippen LogP contribution in [0.4, 0.5) is 0 Å². The lowest BCUT2D eigenvalue weighted by atomic mass is 9.72. The predicted molar refractivity (Wildman–Crippen MR) is 102 cm³/mol. The molecule has 0 radical (unpaired) electrons. The highest BCUT2D eigenvalue weighted by atomic mass is 16.1. The van der Waals surface area contributed by atoms with Crippen LogP contribution in [0.1, 0.15) is 41.5 Å². The van der Waals surface area contributed by atoms with Crippen molar-refractivity contribution in [2.75, 3.05) is 7.05 Å². The molecule has 2 heteroatoms. The molecule has 0 N–H and O–H groups in total. The fraction of sp³-hybridized carbons (Fsp3) is 0.409. The highest BCUT2D eigenvalue weighted by Crippen LogP contribution is 2.38.